The van der Waals surface area contributed by atoms with E-state index in [1.54, 1.807) is 18.5 Å². The quantitative estimate of drug-likeness (QED) is 0.551. The second-order valence-corrected chi connectivity index (χ2v) is 2.80. The van der Waals surface area contributed by atoms with Gasteiger partial charge < -0.3 is 9.84 Å². The molecule has 0 saturated heterocycles. The number of anilines is 1. The van der Waals surface area contributed by atoms with Gasteiger partial charge in [0.2, 0.25) is 0 Å². The van der Waals surface area contributed by atoms with Crippen molar-refractivity contribution >= 4 is 5.82 Å². The Morgan fingerprint density at radius 1 is 1.43 bits per heavy atom. The molecule has 0 aliphatic heterocycles. The number of nitrogen functional groups attached to an aromatic ring is 1. The van der Waals surface area contributed by atoms with Crippen LogP contribution in [0.2, 0.25) is 0 Å². The molecular formula is C9H10N4O. The Balaban J connectivity index is 2.47. The zero-order chi connectivity index (χ0) is 9.97. The summed E-state index contributed by atoms with van der Waals surface area (Å²) in [5.41, 5.74) is 3.34. The highest BCUT2D eigenvalue weighted by Crippen LogP contribution is 2.20. The molecule has 0 saturated carbocycles. The highest BCUT2D eigenvalue weighted by Gasteiger charge is 2.07. The molecule has 0 aromatic carbocycles. The first kappa shape index (κ1) is 8.71. The van der Waals surface area contributed by atoms with Crippen molar-refractivity contribution in [1.82, 2.24) is 9.97 Å². The smallest absolute Gasteiger partial charge is 0.165 e. The maximum Gasteiger partial charge on any atom is 0.165 e. The molecule has 0 spiro atoms. The van der Waals surface area contributed by atoms with E-state index < -0.39 is 0 Å². The Morgan fingerprint density at radius 2 is 2.29 bits per heavy atom. The number of aromatic nitrogens is 2. The van der Waals surface area contributed by atoms with Gasteiger partial charge in [0, 0.05) is 12.3 Å². The zero-order valence-electron chi connectivity index (χ0n) is 7.69. The number of nitrogens with zero attached hydrogens (tertiary/aromatic N) is 2. The number of nitrogens with two attached hydrogens (primary N) is 1. The minimum absolute atomic E-state index is 0.579. The van der Waals surface area contributed by atoms with Crippen molar-refractivity contribution in [3.8, 4) is 11.4 Å². The monoisotopic (exact) mass is 190 g/mol. The van der Waals surface area contributed by atoms with Crippen LogP contribution in [0.25, 0.3) is 11.4 Å². The van der Waals surface area contributed by atoms with E-state index in [9.17, 15) is 0 Å². The van der Waals surface area contributed by atoms with Gasteiger partial charge in [-0.25, -0.2) is 15.8 Å². The van der Waals surface area contributed by atoms with Gasteiger partial charge in [-0.15, -0.1) is 0 Å². The molecule has 0 aliphatic rings. The van der Waals surface area contributed by atoms with E-state index in [-0.39, 0.29) is 0 Å². The van der Waals surface area contributed by atoms with Crippen LogP contribution in [0.4, 0.5) is 5.82 Å². The molecular weight excluding hydrogens is 180 g/mol. The number of rotatable bonds is 2. The van der Waals surface area contributed by atoms with E-state index in [1.165, 1.54) is 0 Å². The second kappa shape index (κ2) is 3.47. The summed E-state index contributed by atoms with van der Waals surface area (Å²) in [6, 6.07) is 3.52. The van der Waals surface area contributed by atoms with Gasteiger partial charge in [-0.2, -0.15) is 0 Å². The van der Waals surface area contributed by atoms with Crippen LogP contribution in [-0.2, 0) is 0 Å². The van der Waals surface area contributed by atoms with Gasteiger partial charge in [0.1, 0.15) is 11.6 Å². The Bertz CT molecular complexity index is 438. The summed E-state index contributed by atoms with van der Waals surface area (Å²) in [6.07, 6.45) is 3.25. The number of hydrogen-bond acceptors (Lipinski definition) is 5. The van der Waals surface area contributed by atoms with E-state index in [4.69, 9.17) is 10.3 Å². The number of hydrogen-bond donors (Lipinski definition) is 2. The molecule has 0 bridgehead atoms. The van der Waals surface area contributed by atoms with Crippen molar-refractivity contribution in [3.05, 3.63) is 30.4 Å². The van der Waals surface area contributed by atoms with Gasteiger partial charge in [-0.3, -0.25) is 0 Å². The molecule has 0 aliphatic carbocycles. The minimum Gasteiger partial charge on any atom is -0.469 e. The van der Waals surface area contributed by atoms with E-state index in [0.717, 1.165) is 11.3 Å². The van der Waals surface area contributed by atoms with Gasteiger partial charge in [0.05, 0.1) is 11.8 Å². The fourth-order valence-corrected chi connectivity index (χ4v) is 1.19. The summed E-state index contributed by atoms with van der Waals surface area (Å²) in [5.74, 6) is 7.22. The zero-order valence-corrected chi connectivity index (χ0v) is 7.69. The molecule has 0 amide bonds. The van der Waals surface area contributed by atoms with E-state index >= 15 is 0 Å². The maximum absolute atomic E-state index is 5.25. The molecule has 5 heteroatoms. The van der Waals surface area contributed by atoms with E-state index in [0.29, 0.717) is 11.6 Å². The summed E-state index contributed by atoms with van der Waals surface area (Å²) in [6.45, 7) is 1.86. The molecule has 0 radical (unpaired) electrons. The Labute approximate surface area is 80.9 Å². The minimum atomic E-state index is 0.579. The average molecular weight is 190 g/mol. The third kappa shape index (κ3) is 1.45. The lowest BCUT2D eigenvalue weighted by atomic mass is 10.2. The van der Waals surface area contributed by atoms with Crippen LogP contribution < -0.4 is 11.3 Å². The lowest BCUT2D eigenvalue weighted by Gasteiger charge is -2.00. The van der Waals surface area contributed by atoms with Crippen LogP contribution in [0.5, 0.6) is 0 Å². The van der Waals surface area contributed by atoms with Gasteiger partial charge in [0.15, 0.2) is 5.82 Å². The third-order valence-corrected chi connectivity index (χ3v) is 1.90. The Hall–Kier alpha value is -1.88. The van der Waals surface area contributed by atoms with Crippen LogP contribution in [0.1, 0.15) is 5.76 Å². The molecule has 5 nitrogen and oxygen atoms in total. The first-order valence-electron chi connectivity index (χ1n) is 4.15. The van der Waals surface area contributed by atoms with Crippen LogP contribution >= 0.6 is 0 Å². The summed E-state index contributed by atoms with van der Waals surface area (Å²) in [5, 5.41) is 0. The summed E-state index contributed by atoms with van der Waals surface area (Å²) in [7, 11) is 0. The summed E-state index contributed by atoms with van der Waals surface area (Å²) in [4.78, 5) is 8.31. The van der Waals surface area contributed by atoms with Crippen molar-refractivity contribution in [2.75, 3.05) is 5.43 Å². The van der Waals surface area contributed by atoms with Crippen molar-refractivity contribution in [3.63, 3.8) is 0 Å². The van der Waals surface area contributed by atoms with Crippen LogP contribution in [0.3, 0.4) is 0 Å². The van der Waals surface area contributed by atoms with Crippen molar-refractivity contribution in [1.29, 1.82) is 0 Å². The number of furan rings is 1. The van der Waals surface area contributed by atoms with E-state index in [1.807, 2.05) is 13.0 Å². The largest absolute Gasteiger partial charge is 0.469 e. The van der Waals surface area contributed by atoms with Crippen molar-refractivity contribution in [2.45, 2.75) is 6.92 Å². The van der Waals surface area contributed by atoms with Gasteiger partial charge in [0.25, 0.3) is 0 Å². The number of nitrogens with one attached hydrogen (secondary N) is 1. The lowest BCUT2D eigenvalue weighted by molar-refractivity contribution is 0.535. The summed E-state index contributed by atoms with van der Waals surface area (Å²) < 4.78 is 5.16. The van der Waals surface area contributed by atoms with Gasteiger partial charge >= 0.3 is 0 Å². The van der Waals surface area contributed by atoms with Crippen molar-refractivity contribution in [2.24, 2.45) is 5.84 Å². The maximum atomic E-state index is 5.25. The third-order valence-electron chi connectivity index (χ3n) is 1.90. The Morgan fingerprint density at radius 3 is 2.93 bits per heavy atom. The molecule has 14 heavy (non-hydrogen) atoms. The highest BCUT2D eigenvalue weighted by molar-refractivity contribution is 5.58. The molecule has 0 unspecified atom stereocenters. The molecule has 2 aromatic heterocycles. The first-order valence-corrected chi connectivity index (χ1v) is 4.15. The number of aryl methyl sites for hydroxylation is 1. The normalized spacial score (nSPS) is 10.1. The van der Waals surface area contributed by atoms with Gasteiger partial charge in [-0.1, -0.05) is 0 Å². The summed E-state index contributed by atoms with van der Waals surface area (Å²) >= 11 is 0. The lowest BCUT2D eigenvalue weighted by Crippen LogP contribution is -2.09. The second-order valence-electron chi connectivity index (χ2n) is 2.80. The highest BCUT2D eigenvalue weighted by atomic mass is 16.3. The molecule has 0 fully saturated rings. The Kier molecular flexibility index (Phi) is 2.16. The fraction of sp³-hybridized carbons (Fsp3) is 0.111. The standard InChI is InChI=1S/C9H10N4O/c1-6-7(3-5-14-6)9-11-4-2-8(12-9)13-10/h2-5H,10H2,1H3,(H,11,12,13). The molecule has 72 valence electrons. The van der Waals surface area contributed by atoms with Gasteiger partial charge in [-0.05, 0) is 13.0 Å². The predicted octanol–water partition coefficient (Wildman–Crippen LogP) is 1.33. The van der Waals surface area contributed by atoms with Crippen LogP contribution in [-0.4, -0.2) is 9.97 Å². The first-order chi connectivity index (χ1) is 6.81. The molecule has 0 atom stereocenters. The molecule has 2 rings (SSSR count). The predicted molar refractivity (Wildman–Crippen MR) is 52.3 cm³/mol. The SMILES string of the molecule is Cc1occc1-c1nccc(NN)n1. The fourth-order valence-electron chi connectivity index (χ4n) is 1.19. The topological polar surface area (TPSA) is 77.0 Å². The van der Waals surface area contributed by atoms with Crippen LogP contribution in [0, 0.1) is 6.92 Å². The number of hydrazine groups is 1. The average Bonchev–Trinajstić information content (AvgIpc) is 2.65. The molecule has 2 heterocycles. The van der Waals surface area contributed by atoms with E-state index in [2.05, 4.69) is 15.4 Å². The van der Waals surface area contributed by atoms with Crippen LogP contribution in [0.15, 0.2) is 29.0 Å². The van der Waals surface area contributed by atoms with Crippen molar-refractivity contribution < 1.29 is 4.42 Å². The molecule has 3 N–H and O–H groups in total. The molecule has 2 aromatic rings.